The first-order valence-electron chi connectivity index (χ1n) is 9.10. The Morgan fingerprint density at radius 2 is 1.77 bits per heavy atom. The molecule has 1 aromatic carbocycles. The van der Waals surface area contributed by atoms with Crippen molar-refractivity contribution in [3.8, 4) is 0 Å². The molecule has 1 aliphatic rings. The van der Waals surface area contributed by atoms with Gasteiger partial charge in [0.1, 0.15) is 0 Å². The Kier molecular flexibility index (Phi) is 5.56. The van der Waals surface area contributed by atoms with E-state index >= 15 is 0 Å². The van der Waals surface area contributed by atoms with E-state index in [0.717, 1.165) is 37.2 Å². The van der Waals surface area contributed by atoms with E-state index in [1.807, 2.05) is 30.5 Å². The van der Waals surface area contributed by atoms with E-state index in [2.05, 4.69) is 36.2 Å². The standard InChI is InChI=1S/C21H26N2O2S/c1-13-7-5-6-8-18(13)26-17-9-11-23(12-10-17)21(25)19-14(2)20(16(4)24)22-15(19)3/h5-8,17,22H,9-12H2,1-4H3. The number of nitrogens with zero attached hydrogens (tertiary/aromatic N) is 1. The quantitative estimate of drug-likeness (QED) is 0.804. The molecule has 0 radical (unpaired) electrons. The molecule has 0 unspecified atom stereocenters. The van der Waals surface area contributed by atoms with Crippen LogP contribution < -0.4 is 0 Å². The van der Waals surface area contributed by atoms with Gasteiger partial charge < -0.3 is 9.88 Å². The number of thioether (sulfide) groups is 1. The number of piperidine rings is 1. The van der Waals surface area contributed by atoms with Crippen molar-refractivity contribution in [1.82, 2.24) is 9.88 Å². The minimum atomic E-state index is -0.0296. The Balaban J connectivity index is 1.66. The van der Waals surface area contributed by atoms with E-state index in [9.17, 15) is 9.59 Å². The summed E-state index contributed by atoms with van der Waals surface area (Å²) in [6.07, 6.45) is 1.99. The molecule has 0 spiro atoms. The summed E-state index contributed by atoms with van der Waals surface area (Å²) in [5, 5.41) is 0.543. The normalized spacial score (nSPS) is 15.3. The molecule has 0 atom stereocenters. The molecule has 0 saturated carbocycles. The van der Waals surface area contributed by atoms with Gasteiger partial charge in [0, 0.05) is 35.9 Å². The molecule has 26 heavy (non-hydrogen) atoms. The Morgan fingerprint density at radius 1 is 1.12 bits per heavy atom. The van der Waals surface area contributed by atoms with E-state index in [1.54, 1.807) is 0 Å². The van der Waals surface area contributed by atoms with Crippen molar-refractivity contribution in [2.24, 2.45) is 0 Å². The van der Waals surface area contributed by atoms with Crippen LogP contribution in [0.4, 0.5) is 0 Å². The number of hydrogen-bond acceptors (Lipinski definition) is 3. The van der Waals surface area contributed by atoms with Gasteiger partial charge in [-0.15, -0.1) is 11.8 Å². The summed E-state index contributed by atoms with van der Waals surface area (Å²) in [6, 6.07) is 8.47. The molecule has 5 heteroatoms. The van der Waals surface area contributed by atoms with E-state index in [4.69, 9.17) is 0 Å². The van der Waals surface area contributed by atoms with Gasteiger partial charge >= 0.3 is 0 Å². The number of rotatable bonds is 4. The zero-order chi connectivity index (χ0) is 18.8. The molecule has 1 aromatic heterocycles. The summed E-state index contributed by atoms with van der Waals surface area (Å²) < 4.78 is 0. The summed E-state index contributed by atoms with van der Waals surface area (Å²) in [7, 11) is 0. The van der Waals surface area contributed by atoms with Crippen LogP contribution in [0.3, 0.4) is 0 Å². The second-order valence-corrected chi connectivity index (χ2v) is 8.40. The third kappa shape index (κ3) is 3.73. The summed E-state index contributed by atoms with van der Waals surface area (Å²) >= 11 is 1.93. The fraction of sp³-hybridized carbons (Fsp3) is 0.429. The Bertz CT molecular complexity index is 833. The zero-order valence-corrected chi connectivity index (χ0v) is 16.7. The van der Waals surface area contributed by atoms with Crippen molar-refractivity contribution in [2.45, 2.75) is 50.7 Å². The molecular formula is C21H26N2O2S. The van der Waals surface area contributed by atoms with Gasteiger partial charge in [-0.2, -0.15) is 0 Å². The van der Waals surface area contributed by atoms with Crippen LogP contribution >= 0.6 is 11.8 Å². The number of carbonyl (C=O) groups excluding carboxylic acids is 2. The van der Waals surface area contributed by atoms with E-state index < -0.39 is 0 Å². The van der Waals surface area contributed by atoms with E-state index in [1.165, 1.54) is 17.4 Å². The fourth-order valence-electron chi connectivity index (χ4n) is 3.63. The smallest absolute Gasteiger partial charge is 0.255 e. The molecule has 2 aromatic rings. The minimum Gasteiger partial charge on any atom is -0.355 e. The molecule has 1 amide bonds. The molecule has 1 saturated heterocycles. The number of ketones is 1. The molecule has 138 valence electrons. The lowest BCUT2D eigenvalue weighted by atomic mass is 10.0. The average molecular weight is 371 g/mol. The molecule has 0 bridgehead atoms. The van der Waals surface area contributed by atoms with Gasteiger partial charge in [-0.1, -0.05) is 18.2 Å². The van der Waals surface area contributed by atoms with Crippen molar-refractivity contribution < 1.29 is 9.59 Å². The van der Waals surface area contributed by atoms with Crippen LogP contribution in [0, 0.1) is 20.8 Å². The Labute approximate surface area is 159 Å². The maximum atomic E-state index is 13.0. The summed E-state index contributed by atoms with van der Waals surface area (Å²) in [6.45, 7) is 8.93. The van der Waals surface area contributed by atoms with Gasteiger partial charge in [0.15, 0.2) is 5.78 Å². The number of amides is 1. The molecule has 4 nitrogen and oxygen atoms in total. The number of Topliss-reactive ketones (excluding diaryl/α,β-unsaturated/α-hetero) is 1. The monoisotopic (exact) mass is 370 g/mol. The second kappa shape index (κ2) is 7.70. The van der Waals surface area contributed by atoms with Gasteiger partial charge in [0.2, 0.25) is 0 Å². The lowest BCUT2D eigenvalue weighted by Gasteiger charge is -2.32. The molecule has 0 aliphatic carbocycles. The lowest BCUT2D eigenvalue weighted by molar-refractivity contribution is 0.0726. The molecular weight excluding hydrogens is 344 g/mol. The predicted molar refractivity (Wildman–Crippen MR) is 106 cm³/mol. The highest BCUT2D eigenvalue weighted by Gasteiger charge is 2.28. The van der Waals surface area contributed by atoms with Crippen LogP contribution in [0.2, 0.25) is 0 Å². The highest BCUT2D eigenvalue weighted by atomic mass is 32.2. The van der Waals surface area contributed by atoms with Crippen LogP contribution in [-0.4, -0.2) is 39.9 Å². The van der Waals surface area contributed by atoms with Crippen LogP contribution in [-0.2, 0) is 0 Å². The van der Waals surface area contributed by atoms with Crippen molar-refractivity contribution in [1.29, 1.82) is 0 Å². The highest BCUT2D eigenvalue weighted by Crippen LogP contribution is 2.33. The van der Waals surface area contributed by atoms with Crippen LogP contribution in [0.25, 0.3) is 0 Å². The molecule has 3 rings (SSSR count). The number of benzene rings is 1. The number of hydrogen-bond donors (Lipinski definition) is 1. The first-order chi connectivity index (χ1) is 12.4. The van der Waals surface area contributed by atoms with Gasteiger partial charge in [-0.3, -0.25) is 9.59 Å². The number of likely N-dealkylation sites (tertiary alicyclic amines) is 1. The van der Waals surface area contributed by atoms with Gasteiger partial charge in [-0.05, 0) is 50.8 Å². The van der Waals surface area contributed by atoms with Crippen LogP contribution in [0.1, 0.15) is 57.4 Å². The third-order valence-electron chi connectivity index (χ3n) is 5.12. The van der Waals surface area contributed by atoms with Gasteiger partial charge in [0.05, 0.1) is 11.3 Å². The third-order valence-corrected chi connectivity index (χ3v) is 6.64. The van der Waals surface area contributed by atoms with Crippen molar-refractivity contribution >= 4 is 23.5 Å². The van der Waals surface area contributed by atoms with E-state index in [0.29, 0.717) is 16.5 Å². The zero-order valence-electron chi connectivity index (χ0n) is 15.9. The minimum absolute atomic E-state index is 0.0296. The second-order valence-electron chi connectivity index (χ2n) is 7.06. The number of aryl methyl sites for hydroxylation is 2. The summed E-state index contributed by atoms with van der Waals surface area (Å²) in [4.78, 5) is 31.0. The Hall–Kier alpha value is -2.01. The summed E-state index contributed by atoms with van der Waals surface area (Å²) in [5.74, 6) is 0.0149. The number of aromatic amines is 1. The molecule has 1 aliphatic heterocycles. The molecule has 1 fully saturated rings. The first-order valence-corrected chi connectivity index (χ1v) is 9.98. The van der Waals surface area contributed by atoms with Crippen molar-refractivity contribution in [2.75, 3.05) is 13.1 Å². The first kappa shape index (κ1) is 18.8. The lowest BCUT2D eigenvalue weighted by Crippen LogP contribution is -2.39. The van der Waals surface area contributed by atoms with E-state index in [-0.39, 0.29) is 11.7 Å². The Morgan fingerprint density at radius 3 is 2.35 bits per heavy atom. The number of aromatic nitrogens is 1. The van der Waals surface area contributed by atoms with Gasteiger partial charge in [0.25, 0.3) is 5.91 Å². The topological polar surface area (TPSA) is 53.2 Å². The number of carbonyl (C=O) groups is 2. The van der Waals surface area contributed by atoms with Crippen molar-refractivity contribution in [3.63, 3.8) is 0 Å². The van der Waals surface area contributed by atoms with Crippen LogP contribution in [0.5, 0.6) is 0 Å². The van der Waals surface area contributed by atoms with Crippen molar-refractivity contribution in [3.05, 3.63) is 52.3 Å². The summed E-state index contributed by atoms with van der Waals surface area (Å²) in [5.41, 5.74) is 4.09. The average Bonchev–Trinajstić information content (AvgIpc) is 2.92. The SMILES string of the molecule is CC(=O)c1[nH]c(C)c(C(=O)N2CCC(Sc3ccccc3C)CC2)c1C. The number of nitrogens with one attached hydrogen (secondary N) is 1. The molecule has 1 N–H and O–H groups in total. The number of H-pyrrole nitrogens is 1. The maximum absolute atomic E-state index is 13.0. The highest BCUT2D eigenvalue weighted by molar-refractivity contribution is 8.00. The van der Waals surface area contributed by atoms with Gasteiger partial charge in [-0.25, -0.2) is 0 Å². The predicted octanol–water partition coefficient (Wildman–Crippen LogP) is 4.54. The molecule has 2 heterocycles. The largest absolute Gasteiger partial charge is 0.355 e. The fourth-order valence-corrected chi connectivity index (χ4v) is 4.84. The van der Waals surface area contributed by atoms with Crippen LogP contribution in [0.15, 0.2) is 29.2 Å². The maximum Gasteiger partial charge on any atom is 0.255 e.